The van der Waals surface area contributed by atoms with Crippen LogP contribution in [0.5, 0.6) is 0 Å². The number of hydrogen-bond acceptors (Lipinski definition) is 10. The Morgan fingerprint density at radius 2 is 0.483 bits per heavy atom. The quantitative estimate of drug-likeness (QED) is 0.0543. The van der Waals surface area contributed by atoms with Gasteiger partial charge in [-0.25, -0.2) is 23.1 Å². The van der Waals surface area contributed by atoms with Gasteiger partial charge in [-0.2, -0.15) is 0 Å². The zero-order valence-corrected chi connectivity index (χ0v) is 70.0. The van der Waals surface area contributed by atoms with E-state index in [2.05, 4.69) is 83.1 Å². The first-order chi connectivity index (χ1) is 57.5. The first kappa shape index (κ1) is 73.1. The highest BCUT2D eigenvalue weighted by Gasteiger charge is 2.40. The molecular formula is C105H85N5O10. The molecule has 5 aromatic heterocycles. The third-order valence-corrected chi connectivity index (χ3v) is 27.3. The van der Waals surface area contributed by atoms with Crippen LogP contribution in [0.4, 0.5) is 0 Å². The number of benzene rings is 17. The van der Waals surface area contributed by atoms with Crippen LogP contribution in [0.3, 0.4) is 0 Å². The van der Waals surface area contributed by atoms with Gasteiger partial charge in [-0.3, -0.25) is 38.4 Å². The Bertz CT molecular complexity index is 8730. The first-order valence-corrected chi connectivity index (χ1v) is 42.4. The van der Waals surface area contributed by atoms with Crippen molar-refractivity contribution in [2.75, 3.05) is 6.61 Å². The van der Waals surface area contributed by atoms with Gasteiger partial charge in [0.05, 0.1) is 67.5 Å². The largest absolute Gasteiger partial charge is 0.462 e. The molecule has 0 saturated carbocycles. The van der Waals surface area contributed by atoms with E-state index in [9.17, 15) is 4.79 Å². The Morgan fingerprint density at radius 3 is 0.842 bits per heavy atom. The van der Waals surface area contributed by atoms with Gasteiger partial charge < -0.3 is 9.30 Å². The molecule has 0 N–H and O–H groups in total. The molecule has 120 heavy (non-hydrogen) atoms. The minimum absolute atomic E-state index is 0.133. The lowest BCUT2D eigenvalue weighted by atomic mass is 9.73. The maximum absolute atomic E-state index is 18.2. The molecule has 22 rings (SSSR count). The topological polar surface area (TPSA) is 188 Å². The van der Waals surface area contributed by atoms with Crippen LogP contribution in [-0.4, -0.2) is 35.4 Å². The van der Waals surface area contributed by atoms with Gasteiger partial charge in [0.15, 0.2) is 0 Å². The minimum atomic E-state index is -0.624. The lowest BCUT2D eigenvalue weighted by Crippen LogP contribution is -2.34. The van der Waals surface area contributed by atoms with Crippen molar-refractivity contribution in [2.24, 2.45) is 0 Å². The molecule has 0 aliphatic rings. The summed E-state index contributed by atoms with van der Waals surface area (Å²) < 4.78 is 13.1. The Morgan fingerprint density at radius 1 is 0.242 bits per heavy atom. The Hall–Kier alpha value is -13.3. The van der Waals surface area contributed by atoms with Crippen LogP contribution >= 0.6 is 0 Å². The number of esters is 1. The molecule has 0 aliphatic carbocycles. The number of fused-ring (bicyclic) bond motifs is 5. The summed E-state index contributed by atoms with van der Waals surface area (Å²) in [5.41, 5.74) is 5.40. The predicted molar refractivity (Wildman–Crippen MR) is 494 cm³/mol. The SMILES string of the molecule is CCOC(=O)c1ccc(-n2c3cc4c(=O)n(-c5c(C(C)C)cccc5C(C)C)c(=O)c5cc6c7c8c(=O)n(-c9c(C(C)C)cccc9C(C)C)c(=O)c9ccc%10c%11ccc%12c(=O)n(-c%13c(C(C)C)cccc%13C(C)C)c(=O)c%13cc%14c%15c%16c(=O)n(-c%17c(C(C)C)cccc%17C(C)C)c(=O)c%17cc2c2c(c%17%16)c(c6c(c54)c23)c%15c7c(c%10c98)c%14c%11c%12%13)cc1. The van der Waals surface area contributed by atoms with Gasteiger partial charge in [-0.1, -0.05) is 196 Å². The van der Waals surface area contributed by atoms with E-state index in [0.717, 1.165) is 44.5 Å². The predicted octanol–water partition coefficient (Wildman–Crippen LogP) is 22.5. The molecule has 0 aliphatic heterocycles. The fraction of sp³-hybridized carbons (Fsp3) is 0.248. The van der Waals surface area contributed by atoms with Gasteiger partial charge in [0.2, 0.25) is 0 Å². The van der Waals surface area contributed by atoms with E-state index in [1.165, 1.54) is 18.3 Å². The van der Waals surface area contributed by atoms with Crippen LogP contribution in [0.2, 0.25) is 0 Å². The molecule has 15 nitrogen and oxygen atoms in total. The van der Waals surface area contributed by atoms with Crippen molar-refractivity contribution in [1.29, 1.82) is 0 Å². The number of carbonyl (C=O) groups excluding carboxylic acids is 1. The fourth-order valence-electron chi connectivity index (χ4n) is 22.3. The summed E-state index contributed by atoms with van der Waals surface area (Å²) in [6.07, 6.45) is 0. The first-order valence-electron chi connectivity index (χ1n) is 42.4. The van der Waals surface area contributed by atoms with E-state index in [-0.39, 0.29) is 103 Å². The standard InChI is InChI=1S/C105H85N5O10/c1-18-120-105(119)51-31-33-52(34-32-51)106-71-41-69-74-68(100(114)108(101(69)115)94-55(45(6)7)25-20-26-56(94)46(8)9)40-66-79-85(74)83(71)84-72(106)42-70-82-87(84)88(79)90-80(92(82)104(118)110(102(70)116)96-59(49(14)15)29-22-30-60(96)50(16)17)65-39-67-73-63(97(111)107(99(67)113)93-53(43(2)3)23-19-24-54(93)44(4)5)37-35-61-62-36-38-64-77-76(62)86(78(65)75(61)73)89(90)81(66)91(77)103(117)109(98(64)112)95-57(47(10)11)27-21-28-58(95)48(12)13/h19-50H,18H2,1-17H3. The number of pyridine rings is 4. The van der Waals surface area contributed by atoms with Crippen molar-refractivity contribution >= 4 is 179 Å². The van der Waals surface area contributed by atoms with Gasteiger partial charge in [-0.05, 0) is 208 Å². The second kappa shape index (κ2) is 24.7. The van der Waals surface area contributed by atoms with Crippen LogP contribution in [0.1, 0.15) is 220 Å². The zero-order valence-electron chi connectivity index (χ0n) is 70.0. The van der Waals surface area contributed by atoms with E-state index in [0.29, 0.717) is 158 Å². The number of hydrogen-bond donors (Lipinski definition) is 0. The lowest BCUT2D eigenvalue weighted by molar-refractivity contribution is 0.0526. The molecule has 590 valence electrons. The number of nitrogens with zero attached hydrogens (tertiary/aromatic N) is 5. The van der Waals surface area contributed by atoms with Crippen molar-refractivity contribution in [3.05, 3.63) is 278 Å². The molecule has 0 unspecified atom stereocenters. The highest BCUT2D eigenvalue weighted by Crippen LogP contribution is 2.62. The van der Waals surface area contributed by atoms with Crippen LogP contribution in [-0.2, 0) is 4.74 Å². The number of para-hydroxylation sites is 4. The van der Waals surface area contributed by atoms with E-state index < -0.39 is 50.4 Å². The lowest BCUT2D eigenvalue weighted by Gasteiger charge is -2.29. The summed E-state index contributed by atoms with van der Waals surface area (Å²) in [6.45, 7) is 34.7. The maximum atomic E-state index is 18.2. The number of aromatic nitrogens is 5. The van der Waals surface area contributed by atoms with Gasteiger partial charge in [0.25, 0.3) is 44.5 Å². The molecule has 22 aromatic rings. The minimum Gasteiger partial charge on any atom is -0.462 e. The van der Waals surface area contributed by atoms with Crippen molar-refractivity contribution in [2.45, 2.75) is 165 Å². The Balaban J connectivity index is 1.12. The van der Waals surface area contributed by atoms with Crippen molar-refractivity contribution in [3.8, 4) is 28.4 Å². The highest BCUT2D eigenvalue weighted by molar-refractivity contribution is 6.62. The normalized spacial score (nSPS) is 13.1. The zero-order chi connectivity index (χ0) is 83.6. The molecule has 0 fully saturated rings. The molecular weight excluding hydrogens is 1490 g/mol. The summed E-state index contributed by atoms with van der Waals surface area (Å²) in [7, 11) is 0. The van der Waals surface area contributed by atoms with Crippen LogP contribution in [0.15, 0.2) is 184 Å². The summed E-state index contributed by atoms with van der Waals surface area (Å²) in [5, 5.41) is 12.8. The number of carbonyl (C=O) groups is 1. The number of rotatable bonds is 15. The molecule has 0 spiro atoms. The second-order valence-electron chi connectivity index (χ2n) is 36.4. The third-order valence-electron chi connectivity index (χ3n) is 27.3. The summed E-state index contributed by atoms with van der Waals surface area (Å²) in [6, 6.07) is 45.8. The smallest absolute Gasteiger partial charge is 0.338 e. The van der Waals surface area contributed by atoms with Crippen molar-refractivity contribution in [3.63, 3.8) is 0 Å². The summed E-state index contributed by atoms with van der Waals surface area (Å²) in [4.78, 5) is 152. The highest BCUT2D eigenvalue weighted by atomic mass is 16.5. The Kier molecular flexibility index (Phi) is 15.0. The molecule has 0 atom stereocenters. The van der Waals surface area contributed by atoms with Crippen LogP contribution < -0.4 is 44.5 Å². The van der Waals surface area contributed by atoms with E-state index in [4.69, 9.17) is 4.74 Å². The maximum Gasteiger partial charge on any atom is 0.338 e. The summed E-state index contributed by atoms with van der Waals surface area (Å²) >= 11 is 0. The van der Waals surface area contributed by atoms with Crippen LogP contribution in [0, 0.1) is 0 Å². The van der Waals surface area contributed by atoms with E-state index >= 15 is 38.4 Å². The molecule has 17 aromatic carbocycles. The average molecular weight is 1580 g/mol. The molecule has 0 saturated heterocycles. The molecule has 15 heteroatoms. The van der Waals surface area contributed by atoms with E-state index in [1.54, 1.807) is 19.1 Å². The van der Waals surface area contributed by atoms with Crippen molar-refractivity contribution in [1.82, 2.24) is 22.8 Å². The molecule has 0 bridgehead atoms. The van der Waals surface area contributed by atoms with Crippen molar-refractivity contribution < 1.29 is 9.53 Å². The van der Waals surface area contributed by atoms with Crippen LogP contribution in [0.25, 0.3) is 201 Å². The monoisotopic (exact) mass is 1580 g/mol. The number of ether oxygens (including phenoxy) is 1. The molecule has 0 amide bonds. The van der Waals surface area contributed by atoms with Gasteiger partial charge in [-0.15, -0.1) is 0 Å². The summed E-state index contributed by atoms with van der Waals surface area (Å²) in [5.74, 6) is -1.95. The Labute approximate surface area is 685 Å². The average Bonchev–Trinajstić information content (AvgIpc) is 1.06. The third kappa shape index (κ3) is 8.81. The van der Waals surface area contributed by atoms with E-state index in [1.807, 2.05) is 166 Å². The van der Waals surface area contributed by atoms with Gasteiger partial charge >= 0.3 is 5.97 Å². The molecule has 0 radical (unpaired) electrons. The fourth-order valence-corrected chi connectivity index (χ4v) is 22.3. The van der Waals surface area contributed by atoms with Gasteiger partial charge in [0, 0.05) is 97.3 Å². The second-order valence-corrected chi connectivity index (χ2v) is 36.4. The van der Waals surface area contributed by atoms with Gasteiger partial charge in [0.1, 0.15) is 0 Å². The molecule has 5 heterocycles.